The fourth-order valence-corrected chi connectivity index (χ4v) is 4.59. The smallest absolute Gasteiger partial charge is 0.251 e. The SMILES string of the molecule is Cc1ccc(CNC(=O)c2ccc(S(=O)(=O)NC3CCCCC3)cc2)cc1. The zero-order valence-corrected chi connectivity index (χ0v) is 16.4. The molecule has 1 saturated carbocycles. The van der Waals surface area contributed by atoms with E-state index >= 15 is 0 Å². The number of nitrogens with one attached hydrogen (secondary N) is 2. The van der Waals surface area contributed by atoms with Gasteiger partial charge in [0.25, 0.3) is 5.91 Å². The number of hydrogen-bond acceptors (Lipinski definition) is 3. The molecule has 2 aromatic rings. The summed E-state index contributed by atoms with van der Waals surface area (Å²) in [6.45, 7) is 2.45. The van der Waals surface area contributed by atoms with E-state index in [1.165, 1.54) is 24.1 Å². The number of carbonyl (C=O) groups is 1. The van der Waals surface area contributed by atoms with E-state index in [0.717, 1.165) is 31.2 Å². The minimum absolute atomic E-state index is 0.0150. The molecule has 27 heavy (non-hydrogen) atoms. The minimum atomic E-state index is -3.54. The second-order valence-corrected chi connectivity index (χ2v) is 8.86. The van der Waals surface area contributed by atoms with Gasteiger partial charge in [0.15, 0.2) is 0 Å². The van der Waals surface area contributed by atoms with E-state index < -0.39 is 10.0 Å². The van der Waals surface area contributed by atoms with Crippen LogP contribution in [-0.4, -0.2) is 20.4 Å². The van der Waals surface area contributed by atoms with Crippen LogP contribution in [0.3, 0.4) is 0 Å². The van der Waals surface area contributed by atoms with Crippen LogP contribution in [0.2, 0.25) is 0 Å². The topological polar surface area (TPSA) is 75.3 Å². The van der Waals surface area contributed by atoms with Crippen LogP contribution in [0.5, 0.6) is 0 Å². The van der Waals surface area contributed by atoms with Gasteiger partial charge in [-0.3, -0.25) is 4.79 Å². The van der Waals surface area contributed by atoms with Crippen molar-refractivity contribution in [1.82, 2.24) is 10.0 Å². The van der Waals surface area contributed by atoms with E-state index in [2.05, 4.69) is 10.0 Å². The lowest BCUT2D eigenvalue weighted by Gasteiger charge is -2.22. The van der Waals surface area contributed by atoms with Gasteiger partial charge in [-0.15, -0.1) is 0 Å². The number of sulfonamides is 1. The second-order valence-electron chi connectivity index (χ2n) is 7.15. The predicted molar refractivity (Wildman–Crippen MR) is 106 cm³/mol. The van der Waals surface area contributed by atoms with Crippen LogP contribution in [0.1, 0.15) is 53.6 Å². The zero-order valence-electron chi connectivity index (χ0n) is 15.6. The highest BCUT2D eigenvalue weighted by atomic mass is 32.2. The van der Waals surface area contributed by atoms with Gasteiger partial charge in [-0.2, -0.15) is 0 Å². The molecule has 1 aliphatic carbocycles. The Morgan fingerprint density at radius 3 is 2.22 bits per heavy atom. The van der Waals surface area contributed by atoms with Gasteiger partial charge >= 0.3 is 0 Å². The molecule has 2 N–H and O–H groups in total. The molecule has 0 atom stereocenters. The molecule has 0 unspecified atom stereocenters. The van der Waals surface area contributed by atoms with Crippen molar-refractivity contribution in [3.05, 3.63) is 65.2 Å². The van der Waals surface area contributed by atoms with Gasteiger partial charge < -0.3 is 5.32 Å². The molecular weight excluding hydrogens is 360 g/mol. The molecule has 0 spiro atoms. The maximum absolute atomic E-state index is 12.5. The Kier molecular flexibility index (Phi) is 6.29. The van der Waals surface area contributed by atoms with E-state index in [1.807, 2.05) is 31.2 Å². The summed E-state index contributed by atoms with van der Waals surface area (Å²) >= 11 is 0. The number of hydrogen-bond donors (Lipinski definition) is 2. The quantitative estimate of drug-likeness (QED) is 0.797. The number of rotatable bonds is 6. The number of carbonyl (C=O) groups excluding carboxylic acids is 1. The molecule has 0 saturated heterocycles. The Hall–Kier alpha value is -2.18. The highest BCUT2D eigenvalue weighted by Gasteiger charge is 2.22. The molecule has 0 aromatic heterocycles. The van der Waals surface area contributed by atoms with Crippen molar-refractivity contribution in [1.29, 1.82) is 0 Å². The summed E-state index contributed by atoms with van der Waals surface area (Å²) in [4.78, 5) is 12.5. The minimum Gasteiger partial charge on any atom is -0.348 e. The summed E-state index contributed by atoms with van der Waals surface area (Å²) in [7, 11) is -3.54. The summed E-state index contributed by atoms with van der Waals surface area (Å²) in [6.07, 6.45) is 5.07. The molecule has 0 heterocycles. The van der Waals surface area contributed by atoms with Gasteiger partial charge in [-0.05, 0) is 49.6 Å². The van der Waals surface area contributed by atoms with Crippen molar-refractivity contribution in [2.24, 2.45) is 0 Å². The van der Waals surface area contributed by atoms with Gasteiger partial charge in [0, 0.05) is 18.2 Å². The molecule has 1 fully saturated rings. The molecule has 1 aliphatic rings. The number of benzene rings is 2. The third kappa shape index (κ3) is 5.40. The first-order valence-corrected chi connectivity index (χ1v) is 10.9. The second kappa shape index (κ2) is 8.67. The van der Waals surface area contributed by atoms with Gasteiger partial charge in [0.2, 0.25) is 10.0 Å². The summed E-state index contributed by atoms with van der Waals surface area (Å²) in [5, 5.41) is 2.85. The molecular formula is C21H26N2O3S. The average molecular weight is 387 g/mol. The average Bonchev–Trinajstić information content (AvgIpc) is 2.68. The first-order valence-electron chi connectivity index (χ1n) is 9.40. The zero-order chi connectivity index (χ0) is 19.3. The molecule has 2 aromatic carbocycles. The summed E-state index contributed by atoms with van der Waals surface area (Å²) in [5.74, 6) is -0.222. The van der Waals surface area contributed by atoms with Crippen LogP contribution < -0.4 is 10.0 Å². The Bertz CT molecular complexity index is 869. The Balaban J connectivity index is 1.60. The molecule has 3 rings (SSSR count). The predicted octanol–water partition coefficient (Wildman–Crippen LogP) is 3.54. The lowest BCUT2D eigenvalue weighted by molar-refractivity contribution is 0.0951. The molecule has 0 radical (unpaired) electrons. The summed E-state index contributed by atoms with van der Waals surface area (Å²) in [6, 6.07) is 14.1. The molecule has 0 bridgehead atoms. The maximum atomic E-state index is 12.5. The number of aryl methyl sites for hydroxylation is 1. The van der Waals surface area contributed by atoms with Gasteiger partial charge in [-0.1, -0.05) is 49.1 Å². The lowest BCUT2D eigenvalue weighted by atomic mass is 9.96. The van der Waals surface area contributed by atoms with Crippen molar-refractivity contribution in [2.75, 3.05) is 0 Å². The number of amides is 1. The van der Waals surface area contributed by atoms with Crippen molar-refractivity contribution in [3.63, 3.8) is 0 Å². The monoisotopic (exact) mass is 386 g/mol. The van der Waals surface area contributed by atoms with E-state index in [4.69, 9.17) is 0 Å². The van der Waals surface area contributed by atoms with Crippen LogP contribution in [0.25, 0.3) is 0 Å². The van der Waals surface area contributed by atoms with Gasteiger partial charge in [0.05, 0.1) is 4.90 Å². The standard InChI is InChI=1S/C21H26N2O3S/c1-16-7-9-17(10-8-16)15-22-21(24)18-11-13-20(14-12-18)27(25,26)23-19-5-3-2-4-6-19/h7-14,19,23H,2-6,15H2,1H3,(H,22,24). The normalized spacial score (nSPS) is 15.4. The Morgan fingerprint density at radius 1 is 0.963 bits per heavy atom. The van der Waals surface area contributed by atoms with E-state index in [1.54, 1.807) is 12.1 Å². The van der Waals surface area contributed by atoms with Crippen LogP contribution in [0, 0.1) is 6.92 Å². The van der Waals surface area contributed by atoms with Crippen LogP contribution in [-0.2, 0) is 16.6 Å². The van der Waals surface area contributed by atoms with Crippen molar-refractivity contribution in [2.45, 2.75) is 56.5 Å². The molecule has 1 amide bonds. The van der Waals surface area contributed by atoms with Crippen LogP contribution in [0.15, 0.2) is 53.4 Å². The fourth-order valence-electron chi connectivity index (χ4n) is 3.28. The largest absolute Gasteiger partial charge is 0.348 e. The highest BCUT2D eigenvalue weighted by Crippen LogP contribution is 2.20. The molecule has 0 aliphatic heterocycles. The highest BCUT2D eigenvalue weighted by molar-refractivity contribution is 7.89. The molecule has 5 nitrogen and oxygen atoms in total. The van der Waals surface area contributed by atoms with Gasteiger partial charge in [-0.25, -0.2) is 13.1 Å². The third-order valence-corrected chi connectivity index (χ3v) is 6.46. The van der Waals surface area contributed by atoms with E-state index in [-0.39, 0.29) is 16.8 Å². The van der Waals surface area contributed by atoms with Gasteiger partial charge in [0.1, 0.15) is 0 Å². The summed E-state index contributed by atoms with van der Waals surface area (Å²) < 4.78 is 27.8. The fraction of sp³-hybridized carbons (Fsp3) is 0.381. The Morgan fingerprint density at radius 2 is 1.59 bits per heavy atom. The maximum Gasteiger partial charge on any atom is 0.251 e. The van der Waals surface area contributed by atoms with Crippen molar-refractivity contribution < 1.29 is 13.2 Å². The molecule has 144 valence electrons. The van der Waals surface area contributed by atoms with Crippen LogP contribution >= 0.6 is 0 Å². The Labute approximate surface area is 161 Å². The van der Waals surface area contributed by atoms with E-state index in [9.17, 15) is 13.2 Å². The van der Waals surface area contributed by atoms with E-state index in [0.29, 0.717) is 12.1 Å². The third-order valence-electron chi connectivity index (χ3n) is 4.93. The van der Waals surface area contributed by atoms with Crippen LogP contribution in [0.4, 0.5) is 0 Å². The summed E-state index contributed by atoms with van der Waals surface area (Å²) in [5.41, 5.74) is 2.63. The van der Waals surface area contributed by atoms with Crippen molar-refractivity contribution >= 4 is 15.9 Å². The van der Waals surface area contributed by atoms with Crippen molar-refractivity contribution in [3.8, 4) is 0 Å². The lowest BCUT2D eigenvalue weighted by Crippen LogP contribution is -2.36. The first kappa shape index (κ1) is 19.6. The first-order chi connectivity index (χ1) is 12.9. The molecule has 6 heteroatoms.